The smallest absolute Gasteiger partial charge is 0.222 e. The quantitative estimate of drug-likeness (QED) is 0.618. The molecule has 1 saturated heterocycles. The molecular formula is C24H28N6O3. The van der Waals surface area contributed by atoms with E-state index in [-0.39, 0.29) is 30.1 Å². The fourth-order valence-corrected chi connectivity index (χ4v) is 4.88. The summed E-state index contributed by atoms with van der Waals surface area (Å²) in [6.07, 6.45) is 6.90. The van der Waals surface area contributed by atoms with Crippen LogP contribution in [0.3, 0.4) is 0 Å². The maximum Gasteiger partial charge on any atom is 0.222 e. The zero-order valence-corrected chi connectivity index (χ0v) is 19.0. The van der Waals surface area contributed by atoms with Crippen molar-refractivity contribution in [2.75, 3.05) is 32.1 Å². The van der Waals surface area contributed by atoms with Gasteiger partial charge in [0, 0.05) is 44.1 Å². The van der Waals surface area contributed by atoms with E-state index in [9.17, 15) is 9.59 Å². The molecule has 1 amide bonds. The Morgan fingerprint density at radius 2 is 2.12 bits per heavy atom. The van der Waals surface area contributed by atoms with Gasteiger partial charge in [-0.2, -0.15) is 0 Å². The Labute approximate surface area is 192 Å². The highest BCUT2D eigenvalue weighted by atomic mass is 16.5. The van der Waals surface area contributed by atoms with Crippen molar-refractivity contribution in [3.63, 3.8) is 0 Å². The van der Waals surface area contributed by atoms with Crippen LogP contribution in [-0.4, -0.2) is 69.8 Å². The van der Waals surface area contributed by atoms with Gasteiger partial charge >= 0.3 is 0 Å². The van der Waals surface area contributed by atoms with E-state index in [0.717, 1.165) is 54.1 Å². The lowest BCUT2D eigenvalue weighted by Gasteiger charge is -2.28. The number of Topliss-reactive ketones (excluding diaryl/α,β-unsaturated/α-hetero) is 1. The number of fused-ring (bicyclic) bond motifs is 2. The van der Waals surface area contributed by atoms with Crippen LogP contribution in [0, 0.1) is 5.92 Å². The molecule has 3 aromatic rings. The number of rotatable bonds is 6. The third-order valence-corrected chi connectivity index (χ3v) is 6.71. The van der Waals surface area contributed by atoms with Gasteiger partial charge in [-0.25, -0.2) is 15.0 Å². The normalized spacial score (nSPS) is 20.2. The molecule has 0 radical (unpaired) electrons. The van der Waals surface area contributed by atoms with E-state index >= 15 is 0 Å². The number of carbonyl (C=O) groups is 2. The summed E-state index contributed by atoms with van der Waals surface area (Å²) in [6, 6.07) is 5.83. The summed E-state index contributed by atoms with van der Waals surface area (Å²) < 4.78 is 6.30. The molecule has 0 spiro atoms. The summed E-state index contributed by atoms with van der Waals surface area (Å²) in [5.74, 6) is 1.35. The van der Waals surface area contributed by atoms with E-state index < -0.39 is 0 Å². The van der Waals surface area contributed by atoms with Crippen LogP contribution in [0.25, 0.3) is 11.2 Å². The molecule has 1 aromatic carbocycles. The number of nitrogens with zero attached hydrogens (tertiary/aromatic N) is 5. The molecule has 5 rings (SSSR count). The van der Waals surface area contributed by atoms with E-state index in [2.05, 4.69) is 24.8 Å². The van der Waals surface area contributed by atoms with Crippen LogP contribution in [0.15, 0.2) is 30.9 Å². The van der Waals surface area contributed by atoms with Crippen LogP contribution >= 0.6 is 0 Å². The van der Waals surface area contributed by atoms with Crippen molar-refractivity contribution in [2.24, 2.45) is 5.92 Å². The molecule has 1 aliphatic carbocycles. The van der Waals surface area contributed by atoms with E-state index in [1.807, 2.05) is 18.2 Å². The lowest BCUT2D eigenvalue weighted by molar-refractivity contribution is -0.129. The lowest BCUT2D eigenvalue weighted by atomic mass is 9.80. The molecule has 1 fully saturated rings. The molecule has 172 valence electrons. The Balaban J connectivity index is 1.31. The molecule has 9 nitrogen and oxygen atoms in total. The summed E-state index contributed by atoms with van der Waals surface area (Å²) >= 11 is 0. The lowest BCUT2D eigenvalue weighted by Crippen LogP contribution is -2.35. The Bertz CT molecular complexity index is 1190. The van der Waals surface area contributed by atoms with Gasteiger partial charge in [0.25, 0.3) is 0 Å². The maximum atomic E-state index is 13.1. The van der Waals surface area contributed by atoms with Gasteiger partial charge in [-0.15, -0.1) is 0 Å². The summed E-state index contributed by atoms with van der Waals surface area (Å²) in [4.78, 5) is 45.1. The van der Waals surface area contributed by atoms with Crippen molar-refractivity contribution in [3.8, 4) is 5.75 Å². The van der Waals surface area contributed by atoms with Gasteiger partial charge in [-0.05, 0) is 31.7 Å². The first kappa shape index (κ1) is 21.4. The van der Waals surface area contributed by atoms with E-state index in [4.69, 9.17) is 4.74 Å². The number of H-pyrrole nitrogens is 1. The predicted molar refractivity (Wildman–Crippen MR) is 123 cm³/mol. The number of hydrogen-bond donors (Lipinski definition) is 1. The van der Waals surface area contributed by atoms with E-state index in [1.165, 1.54) is 0 Å². The molecule has 0 saturated carbocycles. The number of nitrogens with one attached hydrogen (secondary N) is 1. The average molecular weight is 449 g/mol. The summed E-state index contributed by atoms with van der Waals surface area (Å²) in [7, 11) is 3.45. The largest absolute Gasteiger partial charge is 0.491 e. The zero-order valence-electron chi connectivity index (χ0n) is 19.0. The summed E-state index contributed by atoms with van der Waals surface area (Å²) in [5.41, 5.74) is 3.14. The zero-order chi connectivity index (χ0) is 22.9. The molecule has 9 heteroatoms. The maximum absolute atomic E-state index is 13.1. The second kappa shape index (κ2) is 8.80. The highest BCUT2D eigenvalue weighted by molar-refractivity contribution is 6.02. The number of aromatic nitrogens is 4. The van der Waals surface area contributed by atoms with Gasteiger partial charge in [-0.3, -0.25) is 9.59 Å². The Morgan fingerprint density at radius 1 is 1.24 bits per heavy atom. The number of carbonyl (C=O) groups excluding carboxylic acids is 2. The Hall–Kier alpha value is -3.49. The first-order chi connectivity index (χ1) is 16.0. The standard InChI is InChI=1S/C24H28N6O3/c1-29(2)20(31)11-15-8-9-17-18(22(15)32)6-3-7-19(17)33-12-16-5-4-10-30(16)24-21-23(26-13-25-21)27-14-28-24/h3,6-7,13-16H,4-5,8-12H2,1-2H3,(H,25,26,27,28). The fourth-order valence-electron chi connectivity index (χ4n) is 4.88. The Morgan fingerprint density at radius 3 is 2.97 bits per heavy atom. The van der Waals surface area contributed by atoms with Gasteiger partial charge in [0.15, 0.2) is 17.2 Å². The number of aromatic amines is 1. The first-order valence-electron chi connectivity index (χ1n) is 11.4. The highest BCUT2D eigenvalue weighted by Gasteiger charge is 2.32. The third-order valence-electron chi connectivity index (χ3n) is 6.71. The topological polar surface area (TPSA) is 104 Å². The van der Waals surface area contributed by atoms with Gasteiger partial charge in [0.05, 0.1) is 12.4 Å². The molecule has 2 aromatic heterocycles. The van der Waals surface area contributed by atoms with Gasteiger partial charge in [-0.1, -0.05) is 12.1 Å². The molecule has 2 unspecified atom stereocenters. The van der Waals surface area contributed by atoms with Crippen molar-refractivity contribution < 1.29 is 14.3 Å². The monoisotopic (exact) mass is 448 g/mol. The predicted octanol–water partition coefficient (Wildman–Crippen LogP) is 2.62. The number of ether oxygens (including phenoxy) is 1. The van der Waals surface area contributed by atoms with Crippen LogP contribution in [-0.2, 0) is 11.2 Å². The van der Waals surface area contributed by atoms with Crippen LogP contribution in [0.1, 0.15) is 41.6 Å². The van der Waals surface area contributed by atoms with E-state index in [0.29, 0.717) is 18.6 Å². The molecule has 1 N–H and O–H groups in total. The van der Waals surface area contributed by atoms with Gasteiger partial charge in [0.1, 0.15) is 24.2 Å². The number of hydrogen-bond acceptors (Lipinski definition) is 7. The van der Waals surface area contributed by atoms with Crippen molar-refractivity contribution >= 4 is 28.7 Å². The molecule has 33 heavy (non-hydrogen) atoms. The second-order valence-electron chi connectivity index (χ2n) is 8.97. The van der Waals surface area contributed by atoms with Crippen LogP contribution < -0.4 is 9.64 Å². The molecule has 1 aliphatic heterocycles. The fraction of sp³-hybridized carbons (Fsp3) is 0.458. The van der Waals surface area contributed by atoms with Gasteiger partial charge < -0.3 is 19.5 Å². The summed E-state index contributed by atoms with van der Waals surface area (Å²) in [5, 5.41) is 0. The number of amides is 1. The minimum Gasteiger partial charge on any atom is -0.491 e. The number of ketones is 1. The van der Waals surface area contributed by atoms with Crippen molar-refractivity contribution in [1.82, 2.24) is 24.8 Å². The molecule has 2 aliphatic rings. The molecule has 3 heterocycles. The average Bonchev–Trinajstić information content (AvgIpc) is 3.48. The summed E-state index contributed by atoms with van der Waals surface area (Å²) in [6.45, 7) is 1.39. The third kappa shape index (κ3) is 4.03. The van der Waals surface area contributed by atoms with Crippen molar-refractivity contribution in [1.29, 1.82) is 0 Å². The first-order valence-corrected chi connectivity index (χ1v) is 11.4. The minimum absolute atomic E-state index is 0.0127. The highest BCUT2D eigenvalue weighted by Crippen LogP contribution is 2.35. The second-order valence-corrected chi connectivity index (χ2v) is 8.97. The molecular weight excluding hydrogens is 420 g/mol. The number of anilines is 1. The van der Waals surface area contributed by atoms with Crippen molar-refractivity contribution in [3.05, 3.63) is 42.0 Å². The minimum atomic E-state index is -0.262. The van der Waals surface area contributed by atoms with Crippen LogP contribution in [0.2, 0.25) is 0 Å². The van der Waals surface area contributed by atoms with Crippen LogP contribution in [0.4, 0.5) is 5.82 Å². The number of imidazole rings is 1. The van der Waals surface area contributed by atoms with Crippen LogP contribution in [0.5, 0.6) is 5.75 Å². The van der Waals surface area contributed by atoms with E-state index in [1.54, 1.807) is 31.6 Å². The number of benzene rings is 1. The molecule has 0 bridgehead atoms. The SMILES string of the molecule is CN(C)C(=O)CC1CCc2c(OCC3CCCN3c3ncnc4[nH]cnc34)cccc2C1=O. The Kier molecular flexibility index (Phi) is 5.70. The van der Waals surface area contributed by atoms with Gasteiger partial charge in [0.2, 0.25) is 5.91 Å². The molecule has 2 atom stereocenters. The van der Waals surface area contributed by atoms with Crippen molar-refractivity contribution in [2.45, 2.75) is 38.1 Å².